The Balaban J connectivity index is 2.17. The molecule has 1 unspecified atom stereocenters. The molecule has 0 saturated carbocycles. The number of amides is 1. The highest BCUT2D eigenvalue weighted by Gasteiger charge is 2.42. The molecule has 0 radical (unpaired) electrons. The van der Waals surface area contributed by atoms with E-state index in [1.54, 1.807) is 0 Å². The molecule has 2 rings (SSSR count). The van der Waals surface area contributed by atoms with Crippen LogP contribution in [0.15, 0.2) is 24.3 Å². The first-order valence-corrected chi connectivity index (χ1v) is 7.57. The van der Waals surface area contributed by atoms with Crippen molar-refractivity contribution in [2.45, 2.75) is 26.0 Å². The molecule has 1 aromatic carbocycles. The largest absolute Gasteiger partial charge is 0.374 e. The van der Waals surface area contributed by atoms with E-state index in [9.17, 15) is 4.79 Å². The number of likely N-dealkylation sites (N-methyl/N-ethyl adjacent to an activating group) is 1. The molecule has 0 fully saturated rings. The van der Waals surface area contributed by atoms with Gasteiger partial charge in [-0.3, -0.25) is 10.1 Å². The topological polar surface area (TPSA) is 67.6 Å². The van der Waals surface area contributed by atoms with Crippen molar-refractivity contribution in [1.29, 1.82) is 0 Å². The average Bonchev–Trinajstić information content (AvgIpc) is 2.51. The fourth-order valence-electron chi connectivity index (χ4n) is 2.86. The van der Waals surface area contributed by atoms with Gasteiger partial charge in [0.25, 0.3) is 0 Å². The number of nitrogens with one attached hydrogen (secondary N) is 1. The number of primary amides is 1. The summed E-state index contributed by atoms with van der Waals surface area (Å²) in [6.45, 7) is 8.65. The zero-order valence-corrected chi connectivity index (χ0v) is 12.9. The van der Waals surface area contributed by atoms with E-state index in [0.29, 0.717) is 13.2 Å². The van der Waals surface area contributed by atoms with Crippen molar-refractivity contribution < 1.29 is 9.53 Å². The van der Waals surface area contributed by atoms with Gasteiger partial charge >= 0.3 is 0 Å². The first kappa shape index (κ1) is 15.9. The van der Waals surface area contributed by atoms with E-state index in [4.69, 9.17) is 10.5 Å². The van der Waals surface area contributed by atoms with Crippen LogP contribution in [0.3, 0.4) is 0 Å². The summed E-state index contributed by atoms with van der Waals surface area (Å²) in [5.74, 6) is -0.380. The summed E-state index contributed by atoms with van der Waals surface area (Å²) >= 11 is 0. The van der Waals surface area contributed by atoms with Crippen molar-refractivity contribution >= 4 is 5.91 Å². The fraction of sp³-hybridized carbons (Fsp3) is 0.562. The lowest BCUT2D eigenvalue weighted by Crippen LogP contribution is -2.58. The van der Waals surface area contributed by atoms with Crippen LogP contribution in [0.4, 0.5) is 0 Å². The molecule has 21 heavy (non-hydrogen) atoms. The van der Waals surface area contributed by atoms with Gasteiger partial charge in [0.2, 0.25) is 5.91 Å². The van der Waals surface area contributed by atoms with Crippen LogP contribution in [-0.2, 0) is 21.7 Å². The summed E-state index contributed by atoms with van der Waals surface area (Å²) in [6, 6.07) is 7.84. The Bertz CT molecular complexity index is 488. The van der Waals surface area contributed by atoms with Gasteiger partial charge in [-0.15, -0.1) is 0 Å². The molecule has 1 atom stereocenters. The summed E-state index contributed by atoms with van der Waals surface area (Å²) in [5, 5.41) is 3.35. The standard InChI is InChI=1S/C16H25N3O2/c1-3-19(4-2)10-9-18-16(15(17)20)12-21-11-13-7-5-6-8-14(13)16/h5-8,18H,3-4,9-12H2,1-2H3,(H2,17,20). The number of fused-ring (bicyclic) bond motifs is 1. The smallest absolute Gasteiger partial charge is 0.244 e. The number of nitrogens with zero attached hydrogens (tertiary/aromatic N) is 1. The van der Waals surface area contributed by atoms with Gasteiger partial charge in [-0.2, -0.15) is 0 Å². The molecular weight excluding hydrogens is 266 g/mol. The van der Waals surface area contributed by atoms with E-state index in [0.717, 1.165) is 30.8 Å². The van der Waals surface area contributed by atoms with Gasteiger partial charge in [0.1, 0.15) is 5.54 Å². The molecule has 0 saturated heterocycles. The van der Waals surface area contributed by atoms with Gasteiger partial charge in [0, 0.05) is 13.1 Å². The SMILES string of the molecule is CCN(CC)CCNC1(C(N)=O)COCc2ccccc21. The number of nitrogens with two attached hydrogens (primary N) is 1. The average molecular weight is 291 g/mol. The number of hydrogen-bond acceptors (Lipinski definition) is 4. The third-order valence-corrected chi connectivity index (χ3v) is 4.22. The Morgan fingerprint density at radius 3 is 2.76 bits per heavy atom. The maximum atomic E-state index is 12.1. The second-order valence-electron chi connectivity index (χ2n) is 5.37. The quantitative estimate of drug-likeness (QED) is 0.781. The molecule has 0 spiro atoms. The van der Waals surface area contributed by atoms with E-state index in [1.165, 1.54) is 0 Å². The molecule has 1 aliphatic heterocycles. The van der Waals surface area contributed by atoms with Gasteiger partial charge in [-0.05, 0) is 24.2 Å². The number of carbonyl (C=O) groups excluding carboxylic acids is 1. The summed E-state index contributed by atoms with van der Waals surface area (Å²) in [4.78, 5) is 14.4. The third kappa shape index (κ3) is 3.26. The molecule has 3 N–H and O–H groups in total. The number of carbonyl (C=O) groups is 1. The minimum absolute atomic E-state index is 0.289. The maximum Gasteiger partial charge on any atom is 0.244 e. The predicted molar refractivity (Wildman–Crippen MR) is 82.8 cm³/mol. The van der Waals surface area contributed by atoms with Crippen LogP contribution in [0.2, 0.25) is 0 Å². The lowest BCUT2D eigenvalue weighted by molar-refractivity contribution is -0.129. The monoisotopic (exact) mass is 291 g/mol. The molecular formula is C16H25N3O2. The zero-order chi connectivity index (χ0) is 15.3. The van der Waals surface area contributed by atoms with Crippen molar-refractivity contribution in [3.05, 3.63) is 35.4 Å². The van der Waals surface area contributed by atoms with E-state index >= 15 is 0 Å². The van der Waals surface area contributed by atoms with Crippen molar-refractivity contribution in [1.82, 2.24) is 10.2 Å². The lowest BCUT2D eigenvalue weighted by atomic mass is 9.84. The van der Waals surface area contributed by atoms with Crippen LogP contribution in [0.25, 0.3) is 0 Å². The Labute approximate surface area is 126 Å². The third-order valence-electron chi connectivity index (χ3n) is 4.22. The molecule has 0 aromatic heterocycles. The van der Waals surface area contributed by atoms with Crippen molar-refractivity contribution in [2.75, 3.05) is 32.8 Å². The Morgan fingerprint density at radius 1 is 1.38 bits per heavy atom. The van der Waals surface area contributed by atoms with Gasteiger partial charge in [-0.25, -0.2) is 0 Å². The highest BCUT2D eigenvalue weighted by molar-refractivity contribution is 5.87. The highest BCUT2D eigenvalue weighted by atomic mass is 16.5. The molecule has 5 heteroatoms. The van der Waals surface area contributed by atoms with Crippen molar-refractivity contribution in [2.24, 2.45) is 5.73 Å². The summed E-state index contributed by atoms with van der Waals surface area (Å²) < 4.78 is 5.61. The molecule has 116 valence electrons. The molecule has 5 nitrogen and oxygen atoms in total. The summed E-state index contributed by atoms with van der Waals surface area (Å²) in [6.07, 6.45) is 0. The molecule has 1 aromatic rings. The van der Waals surface area contributed by atoms with Crippen molar-refractivity contribution in [3.63, 3.8) is 0 Å². The first-order chi connectivity index (χ1) is 10.1. The molecule has 1 heterocycles. The van der Waals surface area contributed by atoms with Gasteiger partial charge < -0.3 is 15.4 Å². The van der Waals surface area contributed by atoms with E-state index in [1.807, 2.05) is 24.3 Å². The molecule has 0 aliphatic carbocycles. The van der Waals surface area contributed by atoms with Crippen LogP contribution in [0.5, 0.6) is 0 Å². The molecule has 1 aliphatic rings. The first-order valence-electron chi connectivity index (χ1n) is 7.57. The van der Waals surface area contributed by atoms with Gasteiger partial charge in [-0.1, -0.05) is 38.1 Å². The fourth-order valence-corrected chi connectivity index (χ4v) is 2.86. The number of benzene rings is 1. The number of ether oxygens (including phenoxy) is 1. The maximum absolute atomic E-state index is 12.1. The second kappa shape index (κ2) is 7.02. The van der Waals surface area contributed by atoms with Crippen LogP contribution in [0, 0.1) is 0 Å². The van der Waals surface area contributed by atoms with E-state index < -0.39 is 5.54 Å². The van der Waals surface area contributed by atoms with Crippen LogP contribution in [-0.4, -0.2) is 43.6 Å². The Hall–Kier alpha value is -1.43. The minimum atomic E-state index is -0.915. The number of rotatable bonds is 7. The Morgan fingerprint density at radius 2 is 2.10 bits per heavy atom. The summed E-state index contributed by atoms with van der Waals surface area (Å²) in [7, 11) is 0. The van der Waals surface area contributed by atoms with E-state index in [-0.39, 0.29) is 12.5 Å². The zero-order valence-electron chi connectivity index (χ0n) is 12.9. The van der Waals surface area contributed by atoms with Crippen LogP contribution < -0.4 is 11.1 Å². The molecule has 1 amide bonds. The Kier molecular flexibility index (Phi) is 5.33. The van der Waals surface area contributed by atoms with Crippen LogP contribution >= 0.6 is 0 Å². The number of hydrogen-bond donors (Lipinski definition) is 2. The lowest BCUT2D eigenvalue weighted by Gasteiger charge is -2.37. The highest BCUT2D eigenvalue weighted by Crippen LogP contribution is 2.30. The van der Waals surface area contributed by atoms with Crippen LogP contribution in [0.1, 0.15) is 25.0 Å². The van der Waals surface area contributed by atoms with Crippen molar-refractivity contribution in [3.8, 4) is 0 Å². The van der Waals surface area contributed by atoms with Gasteiger partial charge in [0.15, 0.2) is 0 Å². The molecule has 0 bridgehead atoms. The summed E-state index contributed by atoms with van der Waals surface area (Å²) in [5.41, 5.74) is 6.76. The van der Waals surface area contributed by atoms with E-state index in [2.05, 4.69) is 24.1 Å². The van der Waals surface area contributed by atoms with Gasteiger partial charge in [0.05, 0.1) is 13.2 Å². The predicted octanol–water partition coefficient (Wildman–Crippen LogP) is 0.829. The normalized spacial score (nSPS) is 21.3. The second-order valence-corrected chi connectivity index (χ2v) is 5.37. The minimum Gasteiger partial charge on any atom is -0.374 e.